The van der Waals surface area contributed by atoms with Gasteiger partial charge in [-0.05, 0) is 60.9 Å². The highest BCUT2D eigenvalue weighted by Gasteiger charge is 2.37. The monoisotopic (exact) mass is 522 g/mol. The number of ether oxygens (including phenoxy) is 3. The third-order valence-corrected chi connectivity index (χ3v) is 6.89. The number of hydrogen-bond donors (Lipinski definition) is 1. The van der Waals surface area contributed by atoms with Crippen LogP contribution in [0.4, 0.5) is 0 Å². The van der Waals surface area contributed by atoms with Gasteiger partial charge in [-0.2, -0.15) is 5.10 Å². The molecule has 3 aromatic rings. The SMILES string of the molecule is COc1cc(CN2CCN(C(C)=O)CC(O)(COc3ccc(C)c(C)c3)C2)ccc1OCCn1cccn1. The molecule has 1 aromatic heterocycles. The second-order valence-electron chi connectivity index (χ2n) is 10.0. The smallest absolute Gasteiger partial charge is 0.219 e. The van der Waals surface area contributed by atoms with Gasteiger partial charge in [0.05, 0.1) is 20.2 Å². The number of nitrogens with zero attached hydrogens (tertiary/aromatic N) is 4. The van der Waals surface area contributed by atoms with Crippen LogP contribution >= 0.6 is 0 Å². The quantitative estimate of drug-likeness (QED) is 0.438. The highest BCUT2D eigenvalue weighted by atomic mass is 16.5. The summed E-state index contributed by atoms with van der Waals surface area (Å²) in [4.78, 5) is 16.1. The van der Waals surface area contributed by atoms with Crippen molar-refractivity contribution in [2.75, 3.05) is 46.5 Å². The van der Waals surface area contributed by atoms with Gasteiger partial charge >= 0.3 is 0 Å². The second kappa shape index (κ2) is 12.3. The molecule has 0 saturated carbocycles. The van der Waals surface area contributed by atoms with Gasteiger partial charge in [0, 0.05) is 45.5 Å². The maximum absolute atomic E-state index is 12.3. The zero-order chi connectivity index (χ0) is 27.1. The van der Waals surface area contributed by atoms with Crippen molar-refractivity contribution in [2.45, 2.75) is 39.5 Å². The van der Waals surface area contributed by atoms with Gasteiger partial charge in [0.2, 0.25) is 5.91 Å². The number of aryl methyl sites for hydroxylation is 2. The predicted octanol–water partition coefficient (Wildman–Crippen LogP) is 3.06. The van der Waals surface area contributed by atoms with Crippen molar-refractivity contribution < 1.29 is 24.1 Å². The molecule has 0 bridgehead atoms. The molecule has 204 valence electrons. The largest absolute Gasteiger partial charge is 0.493 e. The van der Waals surface area contributed by atoms with Gasteiger partial charge in [0.1, 0.15) is 24.6 Å². The first-order chi connectivity index (χ1) is 18.2. The van der Waals surface area contributed by atoms with E-state index >= 15 is 0 Å². The van der Waals surface area contributed by atoms with E-state index in [1.165, 1.54) is 12.5 Å². The Morgan fingerprint density at radius 1 is 1.05 bits per heavy atom. The maximum atomic E-state index is 12.3. The number of hydrogen-bond acceptors (Lipinski definition) is 7. The van der Waals surface area contributed by atoms with Crippen molar-refractivity contribution in [3.8, 4) is 17.2 Å². The van der Waals surface area contributed by atoms with Crippen molar-refractivity contribution in [2.24, 2.45) is 0 Å². The highest BCUT2D eigenvalue weighted by Crippen LogP contribution is 2.29. The fraction of sp³-hybridized carbons (Fsp3) is 0.448. The van der Waals surface area contributed by atoms with Crippen molar-refractivity contribution >= 4 is 5.91 Å². The first-order valence-electron chi connectivity index (χ1n) is 12.9. The van der Waals surface area contributed by atoms with E-state index in [9.17, 15) is 9.90 Å². The van der Waals surface area contributed by atoms with Gasteiger partial charge in [-0.15, -0.1) is 0 Å². The molecule has 4 rings (SSSR count). The van der Waals surface area contributed by atoms with E-state index in [-0.39, 0.29) is 19.1 Å². The number of rotatable bonds is 10. The molecule has 38 heavy (non-hydrogen) atoms. The normalized spacial score (nSPS) is 18.2. The van der Waals surface area contributed by atoms with Crippen LogP contribution in [-0.2, 0) is 17.9 Å². The molecule has 0 radical (unpaired) electrons. The molecular weight excluding hydrogens is 484 g/mol. The third-order valence-electron chi connectivity index (χ3n) is 6.89. The first-order valence-corrected chi connectivity index (χ1v) is 12.9. The Hall–Kier alpha value is -3.56. The Morgan fingerprint density at radius 2 is 1.89 bits per heavy atom. The van der Waals surface area contributed by atoms with Crippen molar-refractivity contribution in [3.63, 3.8) is 0 Å². The fourth-order valence-corrected chi connectivity index (χ4v) is 4.63. The van der Waals surface area contributed by atoms with Crippen molar-refractivity contribution in [1.82, 2.24) is 19.6 Å². The summed E-state index contributed by atoms with van der Waals surface area (Å²) in [6.45, 7) is 9.16. The minimum absolute atomic E-state index is 0.0604. The van der Waals surface area contributed by atoms with E-state index in [0.717, 1.165) is 11.1 Å². The number of aromatic nitrogens is 2. The van der Waals surface area contributed by atoms with Crippen LogP contribution in [0.2, 0.25) is 0 Å². The molecule has 1 fully saturated rings. The maximum Gasteiger partial charge on any atom is 0.219 e. The number of carbonyl (C=O) groups excluding carboxylic acids is 1. The summed E-state index contributed by atoms with van der Waals surface area (Å²) in [5.74, 6) is 1.96. The topological polar surface area (TPSA) is 89.3 Å². The van der Waals surface area contributed by atoms with Crippen LogP contribution in [0.3, 0.4) is 0 Å². The van der Waals surface area contributed by atoms with E-state index in [1.807, 2.05) is 60.3 Å². The van der Waals surface area contributed by atoms with Crippen molar-refractivity contribution in [1.29, 1.82) is 0 Å². The summed E-state index contributed by atoms with van der Waals surface area (Å²) >= 11 is 0. The summed E-state index contributed by atoms with van der Waals surface area (Å²) < 4.78 is 19.4. The molecule has 0 spiro atoms. The van der Waals surface area contributed by atoms with E-state index in [0.29, 0.717) is 56.6 Å². The summed E-state index contributed by atoms with van der Waals surface area (Å²) in [5, 5.41) is 15.8. The van der Waals surface area contributed by atoms with E-state index < -0.39 is 5.60 Å². The summed E-state index contributed by atoms with van der Waals surface area (Å²) in [6, 6.07) is 13.6. The average Bonchev–Trinajstić information content (AvgIpc) is 3.35. The lowest BCUT2D eigenvalue weighted by atomic mass is 10.0. The zero-order valence-corrected chi connectivity index (χ0v) is 22.7. The number of amides is 1. The zero-order valence-electron chi connectivity index (χ0n) is 22.7. The number of β-amino-alcohol motifs (C(OH)–C–C–N with tert-alkyl or cyclic N) is 1. The summed E-state index contributed by atoms with van der Waals surface area (Å²) in [7, 11) is 1.62. The standard InChI is InChI=1S/C29H38N4O5/c1-22-6-8-26(16-23(22)2)38-21-29(35)19-31(12-13-32(20-29)24(3)34)18-25-7-9-27(28(17-25)36-4)37-15-14-33-11-5-10-30-33/h5-11,16-17,35H,12-15,18-21H2,1-4H3. The van der Waals surface area contributed by atoms with Gasteiger partial charge in [-0.1, -0.05) is 12.1 Å². The van der Waals surface area contributed by atoms with Crippen LogP contribution in [0.1, 0.15) is 23.6 Å². The van der Waals surface area contributed by atoms with Crippen LogP contribution in [-0.4, -0.2) is 82.7 Å². The Morgan fingerprint density at radius 3 is 2.61 bits per heavy atom. The molecule has 0 aliphatic carbocycles. The van der Waals surface area contributed by atoms with E-state index in [4.69, 9.17) is 14.2 Å². The molecule has 1 aliphatic rings. The summed E-state index contributed by atoms with van der Waals surface area (Å²) in [6.07, 6.45) is 3.64. The van der Waals surface area contributed by atoms with Crippen LogP contribution in [0, 0.1) is 13.8 Å². The van der Waals surface area contributed by atoms with E-state index in [2.05, 4.69) is 16.9 Å². The predicted molar refractivity (Wildman–Crippen MR) is 145 cm³/mol. The number of methoxy groups -OCH3 is 1. The van der Waals surface area contributed by atoms with Gasteiger partial charge in [-0.3, -0.25) is 14.4 Å². The van der Waals surface area contributed by atoms with E-state index in [1.54, 1.807) is 18.2 Å². The third kappa shape index (κ3) is 7.26. The molecule has 9 nitrogen and oxygen atoms in total. The fourth-order valence-electron chi connectivity index (χ4n) is 4.63. The molecular formula is C29H38N4O5. The lowest BCUT2D eigenvalue weighted by Crippen LogP contribution is -2.51. The Labute approximate surface area is 224 Å². The summed E-state index contributed by atoms with van der Waals surface area (Å²) in [5.41, 5.74) is 2.12. The lowest BCUT2D eigenvalue weighted by Gasteiger charge is -2.33. The molecule has 2 aromatic carbocycles. The minimum atomic E-state index is -1.22. The molecule has 1 N–H and O–H groups in total. The average molecular weight is 523 g/mol. The molecule has 1 saturated heterocycles. The minimum Gasteiger partial charge on any atom is -0.493 e. The van der Waals surface area contributed by atoms with Crippen LogP contribution in [0.15, 0.2) is 54.9 Å². The van der Waals surface area contributed by atoms with Crippen LogP contribution < -0.4 is 14.2 Å². The Kier molecular flexibility index (Phi) is 8.91. The van der Waals surface area contributed by atoms with Gasteiger partial charge in [0.25, 0.3) is 0 Å². The second-order valence-corrected chi connectivity index (χ2v) is 10.0. The Bertz CT molecular complexity index is 1220. The van der Waals surface area contributed by atoms with Crippen LogP contribution in [0.5, 0.6) is 17.2 Å². The van der Waals surface area contributed by atoms with Gasteiger partial charge in [-0.25, -0.2) is 0 Å². The Balaban J connectivity index is 1.43. The van der Waals surface area contributed by atoms with Crippen molar-refractivity contribution in [3.05, 3.63) is 71.5 Å². The molecule has 1 atom stereocenters. The number of aliphatic hydroxyl groups is 1. The highest BCUT2D eigenvalue weighted by molar-refractivity contribution is 5.73. The molecule has 1 unspecified atom stereocenters. The molecule has 2 heterocycles. The molecule has 1 aliphatic heterocycles. The van der Waals surface area contributed by atoms with Crippen LogP contribution in [0.25, 0.3) is 0 Å². The van der Waals surface area contributed by atoms with Gasteiger partial charge < -0.3 is 24.2 Å². The molecule has 9 heteroatoms. The number of carbonyl (C=O) groups is 1. The lowest BCUT2D eigenvalue weighted by molar-refractivity contribution is -0.132. The molecule has 1 amide bonds. The van der Waals surface area contributed by atoms with Gasteiger partial charge in [0.15, 0.2) is 11.5 Å². The number of benzene rings is 2. The first kappa shape index (κ1) is 27.5.